The SMILES string of the molecule is CC(=O)c1ccccc1CCCc1ccc(F)cc1. The maximum atomic E-state index is 12.8. The van der Waals surface area contributed by atoms with E-state index in [0.29, 0.717) is 0 Å². The molecule has 2 rings (SSSR count). The van der Waals surface area contributed by atoms with Gasteiger partial charge in [-0.05, 0) is 49.4 Å². The van der Waals surface area contributed by atoms with Gasteiger partial charge in [-0.3, -0.25) is 4.79 Å². The highest BCUT2D eigenvalue weighted by Crippen LogP contribution is 2.14. The zero-order valence-electron chi connectivity index (χ0n) is 11.0. The van der Waals surface area contributed by atoms with E-state index in [1.165, 1.54) is 12.1 Å². The van der Waals surface area contributed by atoms with Crippen LogP contribution in [0.2, 0.25) is 0 Å². The fourth-order valence-corrected chi connectivity index (χ4v) is 2.22. The molecule has 0 atom stereocenters. The standard InChI is InChI=1S/C17H17FO/c1-13(19)17-8-3-2-6-15(17)7-4-5-14-9-11-16(18)12-10-14/h2-3,6,8-12H,4-5,7H2,1H3. The zero-order valence-corrected chi connectivity index (χ0v) is 11.0. The third-order valence-electron chi connectivity index (χ3n) is 3.22. The number of benzene rings is 2. The van der Waals surface area contributed by atoms with Gasteiger partial charge in [0.25, 0.3) is 0 Å². The normalized spacial score (nSPS) is 10.4. The molecule has 1 nitrogen and oxygen atoms in total. The lowest BCUT2D eigenvalue weighted by Gasteiger charge is -2.06. The van der Waals surface area contributed by atoms with Gasteiger partial charge in [0.2, 0.25) is 0 Å². The van der Waals surface area contributed by atoms with Gasteiger partial charge < -0.3 is 0 Å². The topological polar surface area (TPSA) is 17.1 Å². The van der Waals surface area contributed by atoms with Gasteiger partial charge in [0, 0.05) is 5.56 Å². The number of rotatable bonds is 5. The Hall–Kier alpha value is -1.96. The number of carbonyl (C=O) groups excluding carboxylic acids is 1. The van der Waals surface area contributed by atoms with Crippen LogP contribution in [0.3, 0.4) is 0 Å². The molecular formula is C17H17FO. The van der Waals surface area contributed by atoms with Crippen molar-refractivity contribution in [2.75, 3.05) is 0 Å². The summed E-state index contributed by atoms with van der Waals surface area (Å²) in [6.45, 7) is 1.60. The lowest BCUT2D eigenvalue weighted by Crippen LogP contribution is -2.00. The van der Waals surface area contributed by atoms with Gasteiger partial charge in [0.15, 0.2) is 5.78 Å². The molecule has 0 unspecified atom stereocenters. The van der Waals surface area contributed by atoms with Crippen molar-refractivity contribution in [3.05, 3.63) is 71.0 Å². The van der Waals surface area contributed by atoms with Crippen LogP contribution in [0, 0.1) is 5.82 Å². The van der Waals surface area contributed by atoms with Crippen LogP contribution in [0.25, 0.3) is 0 Å². The first-order valence-corrected chi connectivity index (χ1v) is 6.50. The van der Waals surface area contributed by atoms with Crippen molar-refractivity contribution in [1.29, 1.82) is 0 Å². The van der Waals surface area contributed by atoms with E-state index < -0.39 is 0 Å². The number of hydrogen-bond acceptors (Lipinski definition) is 1. The highest BCUT2D eigenvalue weighted by atomic mass is 19.1. The molecule has 2 heteroatoms. The summed E-state index contributed by atoms with van der Waals surface area (Å²) in [5.41, 5.74) is 3.03. The molecule has 0 saturated heterocycles. The first-order valence-electron chi connectivity index (χ1n) is 6.50. The molecule has 0 amide bonds. The summed E-state index contributed by atoms with van der Waals surface area (Å²) < 4.78 is 12.8. The average molecular weight is 256 g/mol. The van der Waals surface area contributed by atoms with Gasteiger partial charge in [0.05, 0.1) is 0 Å². The second-order valence-electron chi connectivity index (χ2n) is 4.69. The van der Waals surface area contributed by atoms with Crippen LogP contribution in [0.1, 0.15) is 34.8 Å². The molecule has 19 heavy (non-hydrogen) atoms. The molecule has 0 aliphatic rings. The molecule has 0 aromatic heterocycles. The summed E-state index contributed by atoms with van der Waals surface area (Å²) in [6.07, 6.45) is 2.72. The average Bonchev–Trinajstić information content (AvgIpc) is 2.41. The quantitative estimate of drug-likeness (QED) is 0.733. The Morgan fingerprint density at radius 2 is 1.68 bits per heavy atom. The minimum atomic E-state index is -0.203. The van der Waals surface area contributed by atoms with Crippen LogP contribution in [0.4, 0.5) is 4.39 Å². The molecule has 0 saturated carbocycles. The van der Waals surface area contributed by atoms with Gasteiger partial charge in [-0.1, -0.05) is 36.4 Å². The molecular weight excluding hydrogens is 239 g/mol. The van der Waals surface area contributed by atoms with Crippen molar-refractivity contribution in [2.45, 2.75) is 26.2 Å². The molecule has 0 fully saturated rings. The van der Waals surface area contributed by atoms with E-state index in [-0.39, 0.29) is 11.6 Å². The van der Waals surface area contributed by atoms with Crippen molar-refractivity contribution in [3.8, 4) is 0 Å². The molecule has 0 N–H and O–H groups in total. The van der Waals surface area contributed by atoms with Crippen molar-refractivity contribution < 1.29 is 9.18 Å². The molecule has 0 spiro atoms. The van der Waals surface area contributed by atoms with Crippen molar-refractivity contribution in [3.63, 3.8) is 0 Å². The third-order valence-corrected chi connectivity index (χ3v) is 3.22. The second kappa shape index (κ2) is 6.28. The maximum Gasteiger partial charge on any atom is 0.160 e. The molecule has 2 aromatic carbocycles. The monoisotopic (exact) mass is 256 g/mol. The smallest absolute Gasteiger partial charge is 0.160 e. The fourth-order valence-electron chi connectivity index (χ4n) is 2.22. The van der Waals surface area contributed by atoms with Gasteiger partial charge in [-0.25, -0.2) is 4.39 Å². The number of ketones is 1. The number of aryl methyl sites for hydroxylation is 2. The van der Waals surface area contributed by atoms with Gasteiger partial charge in [0.1, 0.15) is 5.82 Å². The fraction of sp³-hybridized carbons (Fsp3) is 0.235. The summed E-state index contributed by atoms with van der Waals surface area (Å²) in [4.78, 5) is 11.5. The van der Waals surface area contributed by atoms with Crippen molar-refractivity contribution in [2.24, 2.45) is 0 Å². The van der Waals surface area contributed by atoms with Crippen LogP contribution in [-0.4, -0.2) is 5.78 Å². The number of Topliss-reactive ketones (excluding diaryl/α,β-unsaturated/α-hetero) is 1. The Morgan fingerprint density at radius 1 is 1.00 bits per heavy atom. The van der Waals surface area contributed by atoms with Crippen LogP contribution < -0.4 is 0 Å². The third kappa shape index (κ3) is 3.75. The Morgan fingerprint density at radius 3 is 2.37 bits per heavy atom. The first kappa shape index (κ1) is 13.5. The first-order chi connectivity index (χ1) is 9.16. The van der Waals surface area contributed by atoms with Gasteiger partial charge in [-0.2, -0.15) is 0 Å². The maximum absolute atomic E-state index is 12.8. The minimum absolute atomic E-state index is 0.109. The predicted octanol–water partition coefficient (Wildman–Crippen LogP) is 4.20. The Bertz CT molecular complexity index is 558. The number of carbonyl (C=O) groups is 1. The van der Waals surface area contributed by atoms with Crippen LogP contribution in [0.15, 0.2) is 48.5 Å². The van der Waals surface area contributed by atoms with Crippen molar-refractivity contribution >= 4 is 5.78 Å². The van der Waals surface area contributed by atoms with Crippen LogP contribution in [0.5, 0.6) is 0 Å². The molecule has 98 valence electrons. The van der Waals surface area contributed by atoms with E-state index in [1.54, 1.807) is 6.92 Å². The van der Waals surface area contributed by atoms with E-state index in [9.17, 15) is 9.18 Å². The summed E-state index contributed by atoms with van der Waals surface area (Å²) in [7, 11) is 0. The number of hydrogen-bond donors (Lipinski definition) is 0. The van der Waals surface area contributed by atoms with E-state index in [1.807, 2.05) is 36.4 Å². The van der Waals surface area contributed by atoms with E-state index in [2.05, 4.69) is 0 Å². The molecule has 2 aromatic rings. The molecule has 0 heterocycles. The summed E-state index contributed by atoms with van der Waals surface area (Å²) in [5.74, 6) is -0.0944. The summed E-state index contributed by atoms with van der Waals surface area (Å²) in [6, 6.07) is 14.3. The highest BCUT2D eigenvalue weighted by molar-refractivity contribution is 5.95. The van der Waals surface area contributed by atoms with E-state index >= 15 is 0 Å². The van der Waals surface area contributed by atoms with Gasteiger partial charge >= 0.3 is 0 Å². The van der Waals surface area contributed by atoms with E-state index in [0.717, 1.165) is 36.0 Å². The highest BCUT2D eigenvalue weighted by Gasteiger charge is 2.05. The predicted molar refractivity (Wildman–Crippen MR) is 74.9 cm³/mol. The molecule has 0 aliphatic carbocycles. The Balaban J connectivity index is 1.96. The van der Waals surface area contributed by atoms with Gasteiger partial charge in [-0.15, -0.1) is 0 Å². The van der Waals surface area contributed by atoms with Crippen LogP contribution >= 0.6 is 0 Å². The Labute approximate surface area is 113 Å². The Kier molecular flexibility index (Phi) is 4.45. The minimum Gasteiger partial charge on any atom is -0.295 e. The lowest BCUT2D eigenvalue weighted by molar-refractivity contribution is 0.101. The molecule has 0 radical (unpaired) electrons. The van der Waals surface area contributed by atoms with Crippen LogP contribution in [-0.2, 0) is 12.8 Å². The molecule has 0 bridgehead atoms. The molecule has 0 aliphatic heterocycles. The van der Waals surface area contributed by atoms with Crippen molar-refractivity contribution in [1.82, 2.24) is 0 Å². The summed E-state index contributed by atoms with van der Waals surface area (Å²) in [5, 5.41) is 0. The second-order valence-corrected chi connectivity index (χ2v) is 4.69. The number of halogens is 1. The van der Waals surface area contributed by atoms with E-state index in [4.69, 9.17) is 0 Å². The zero-order chi connectivity index (χ0) is 13.7. The summed E-state index contributed by atoms with van der Waals surface area (Å²) >= 11 is 0. The largest absolute Gasteiger partial charge is 0.295 e. The lowest BCUT2D eigenvalue weighted by atomic mass is 9.98.